The molecule has 1 aromatic heterocycles. The number of urea groups is 1. The average Bonchev–Trinajstić information content (AvgIpc) is 2.66. The molecule has 0 saturated heterocycles. The minimum atomic E-state index is -1.19. The highest BCUT2D eigenvalue weighted by Crippen LogP contribution is 2.29. The van der Waals surface area contributed by atoms with E-state index in [1.54, 1.807) is 18.2 Å². The van der Waals surface area contributed by atoms with E-state index >= 15 is 0 Å². The summed E-state index contributed by atoms with van der Waals surface area (Å²) in [5.41, 5.74) is 0.268. The van der Waals surface area contributed by atoms with Crippen LogP contribution in [-0.4, -0.2) is 51.6 Å². The summed E-state index contributed by atoms with van der Waals surface area (Å²) in [6.07, 6.45) is -1.02. The van der Waals surface area contributed by atoms with E-state index in [0.29, 0.717) is 15.9 Å². The molecule has 0 aliphatic carbocycles. The number of carbonyl (C=O) groups is 1. The van der Waals surface area contributed by atoms with E-state index in [1.807, 2.05) is 6.07 Å². The van der Waals surface area contributed by atoms with Gasteiger partial charge in [-0.25, -0.2) is 9.78 Å². The standard InChI is InChI=1S/C17H16BrN5O5/c18-9-1-2-14-10(5-9)21-17(26)23-15-7-20-11(6-19)16(22-15)27-4-3-12(24)13(25)8-28-14/h1-2,5,7,12-13,24-25H,3-4,8H2,(H2,21,22,23,26). The number of benzene rings is 1. The van der Waals surface area contributed by atoms with Crippen molar-refractivity contribution in [1.82, 2.24) is 9.97 Å². The molecule has 0 fully saturated rings. The van der Waals surface area contributed by atoms with Crippen molar-refractivity contribution in [2.24, 2.45) is 0 Å². The zero-order chi connectivity index (χ0) is 20.1. The average molecular weight is 450 g/mol. The summed E-state index contributed by atoms with van der Waals surface area (Å²) in [5, 5.41) is 34.4. The van der Waals surface area contributed by atoms with Crippen LogP contribution in [0.2, 0.25) is 0 Å². The number of hydrogen-bond donors (Lipinski definition) is 4. The Morgan fingerprint density at radius 2 is 2.07 bits per heavy atom. The highest BCUT2D eigenvalue weighted by molar-refractivity contribution is 9.10. The van der Waals surface area contributed by atoms with E-state index in [2.05, 4.69) is 36.5 Å². The number of aliphatic hydroxyl groups excluding tert-OH is 2. The number of nitriles is 1. The molecule has 2 bridgehead atoms. The predicted molar refractivity (Wildman–Crippen MR) is 101 cm³/mol. The smallest absolute Gasteiger partial charge is 0.325 e. The molecule has 4 N–H and O–H groups in total. The summed E-state index contributed by atoms with van der Waals surface area (Å²) >= 11 is 3.32. The van der Waals surface area contributed by atoms with E-state index in [1.165, 1.54) is 6.20 Å². The summed E-state index contributed by atoms with van der Waals surface area (Å²) in [6.45, 7) is -0.225. The van der Waals surface area contributed by atoms with Crippen molar-refractivity contribution in [3.05, 3.63) is 34.6 Å². The van der Waals surface area contributed by atoms with E-state index in [-0.39, 0.29) is 37.0 Å². The second-order valence-electron chi connectivity index (χ2n) is 5.82. The number of aliphatic hydroxyl groups is 2. The maximum atomic E-state index is 12.3. The van der Waals surface area contributed by atoms with Crippen LogP contribution in [0.15, 0.2) is 28.9 Å². The zero-order valence-electron chi connectivity index (χ0n) is 14.4. The van der Waals surface area contributed by atoms with Crippen LogP contribution in [0.3, 0.4) is 0 Å². The summed E-state index contributed by atoms with van der Waals surface area (Å²) < 4.78 is 11.6. The van der Waals surface area contributed by atoms with Crippen LogP contribution in [0.25, 0.3) is 0 Å². The third-order valence-electron chi connectivity index (χ3n) is 3.78. The Balaban J connectivity index is 1.92. The fourth-order valence-corrected chi connectivity index (χ4v) is 2.72. The lowest BCUT2D eigenvalue weighted by atomic mass is 10.1. The number of hydrogen-bond acceptors (Lipinski definition) is 8. The Kier molecular flexibility index (Phi) is 6.25. The first kappa shape index (κ1) is 19.8. The number of aromatic nitrogens is 2. The van der Waals surface area contributed by atoms with Crippen LogP contribution in [0.5, 0.6) is 11.6 Å². The van der Waals surface area contributed by atoms with Crippen LogP contribution in [0, 0.1) is 11.3 Å². The van der Waals surface area contributed by atoms with E-state index in [4.69, 9.17) is 14.7 Å². The number of rotatable bonds is 0. The van der Waals surface area contributed by atoms with Crippen molar-refractivity contribution < 1.29 is 24.5 Å². The number of halogens is 1. The first-order chi connectivity index (χ1) is 13.5. The molecule has 146 valence electrons. The Labute approximate surface area is 168 Å². The van der Waals surface area contributed by atoms with Gasteiger partial charge in [-0.2, -0.15) is 10.2 Å². The van der Waals surface area contributed by atoms with Gasteiger partial charge in [0.25, 0.3) is 5.88 Å². The Hall–Kier alpha value is -2.94. The highest BCUT2D eigenvalue weighted by atomic mass is 79.9. The minimum absolute atomic E-state index is 0.0270. The van der Waals surface area contributed by atoms with Crippen LogP contribution in [0.4, 0.5) is 16.3 Å². The molecule has 2 atom stereocenters. The van der Waals surface area contributed by atoms with Gasteiger partial charge in [-0.05, 0) is 18.2 Å². The molecule has 0 saturated carbocycles. The molecule has 10 nitrogen and oxygen atoms in total. The fraction of sp³-hybridized carbons (Fsp3) is 0.294. The van der Waals surface area contributed by atoms with Gasteiger partial charge in [0.2, 0.25) is 5.69 Å². The lowest BCUT2D eigenvalue weighted by Crippen LogP contribution is -2.33. The Bertz CT molecular complexity index is 919. The zero-order valence-corrected chi connectivity index (χ0v) is 16.0. The molecule has 1 aromatic carbocycles. The summed E-state index contributed by atoms with van der Waals surface area (Å²) in [4.78, 5) is 20.3. The first-order valence-electron chi connectivity index (χ1n) is 8.22. The second kappa shape index (κ2) is 8.83. The number of anilines is 2. The molecular weight excluding hydrogens is 434 g/mol. The second-order valence-corrected chi connectivity index (χ2v) is 6.74. The van der Waals surface area contributed by atoms with Gasteiger partial charge >= 0.3 is 6.03 Å². The quantitative estimate of drug-likeness (QED) is 0.473. The third-order valence-corrected chi connectivity index (χ3v) is 4.28. The number of nitrogens with one attached hydrogen (secondary N) is 2. The SMILES string of the molecule is N#Cc1ncc2nc1OCCC(O)C(O)COc1ccc(Br)cc1NC(=O)N2. The molecule has 11 heteroatoms. The maximum Gasteiger partial charge on any atom is 0.325 e. The Morgan fingerprint density at radius 1 is 1.25 bits per heavy atom. The monoisotopic (exact) mass is 449 g/mol. The minimum Gasteiger partial charge on any atom is -0.489 e. The molecule has 3 rings (SSSR count). The molecule has 28 heavy (non-hydrogen) atoms. The number of fused-ring (bicyclic) bond motifs is 3. The molecular formula is C17H16BrN5O5. The number of nitrogens with zero attached hydrogens (tertiary/aromatic N) is 3. The van der Waals surface area contributed by atoms with Crippen molar-refractivity contribution >= 4 is 33.5 Å². The first-order valence-corrected chi connectivity index (χ1v) is 9.02. The molecule has 1 aliphatic heterocycles. The van der Waals surface area contributed by atoms with Gasteiger partial charge in [0.1, 0.15) is 24.5 Å². The summed E-state index contributed by atoms with van der Waals surface area (Å²) in [5.74, 6) is 0.290. The van der Waals surface area contributed by atoms with Gasteiger partial charge in [-0.1, -0.05) is 15.9 Å². The number of ether oxygens (including phenoxy) is 2. The van der Waals surface area contributed by atoms with Crippen molar-refractivity contribution in [3.63, 3.8) is 0 Å². The summed E-state index contributed by atoms with van der Waals surface area (Å²) in [7, 11) is 0. The normalized spacial score (nSPS) is 20.0. The van der Waals surface area contributed by atoms with Crippen LogP contribution in [-0.2, 0) is 0 Å². The fourth-order valence-electron chi connectivity index (χ4n) is 2.36. The van der Waals surface area contributed by atoms with Gasteiger partial charge in [-0.15, -0.1) is 0 Å². The highest BCUT2D eigenvalue weighted by Gasteiger charge is 2.20. The van der Waals surface area contributed by atoms with E-state index in [9.17, 15) is 15.0 Å². The summed E-state index contributed by atoms with van der Waals surface area (Å²) in [6, 6.07) is 6.16. The molecule has 2 heterocycles. The predicted octanol–water partition coefficient (Wildman–Crippen LogP) is 1.64. The number of carbonyl (C=O) groups excluding carboxylic acids is 1. The third kappa shape index (κ3) is 4.86. The molecule has 2 aromatic rings. The number of amides is 2. The van der Waals surface area contributed by atoms with Crippen molar-refractivity contribution in [2.75, 3.05) is 23.8 Å². The molecule has 2 unspecified atom stereocenters. The molecule has 0 radical (unpaired) electrons. The lowest BCUT2D eigenvalue weighted by Gasteiger charge is -2.19. The maximum absolute atomic E-state index is 12.3. The van der Waals surface area contributed by atoms with E-state index in [0.717, 1.165) is 0 Å². The van der Waals surface area contributed by atoms with Gasteiger partial charge in [0.15, 0.2) is 5.82 Å². The van der Waals surface area contributed by atoms with Gasteiger partial charge in [0.05, 0.1) is 24.6 Å². The van der Waals surface area contributed by atoms with E-state index < -0.39 is 18.2 Å². The van der Waals surface area contributed by atoms with Crippen LogP contribution in [0.1, 0.15) is 12.1 Å². The molecule has 1 aliphatic rings. The van der Waals surface area contributed by atoms with Crippen molar-refractivity contribution in [3.8, 4) is 17.7 Å². The molecule has 2 amide bonds. The van der Waals surface area contributed by atoms with Gasteiger partial charge in [0, 0.05) is 10.9 Å². The Morgan fingerprint density at radius 3 is 2.86 bits per heavy atom. The van der Waals surface area contributed by atoms with Crippen LogP contribution >= 0.6 is 15.9 Å². The van der Waals surface area contributed by atoms with Crippen LogP contribution < -0.4 is 20.1 Å². The van der Waals surface area contributed by atoms with Gasteiger partial charge in [-0.3, -0.25) is 5.32 Å². The van der Waals surface area contributed by atoms with Crippen molar-refractivity contribution in [2.45, 2.75) is 18.6 Å². The van der Waals surface area contributed by atoms with Crippen molar-refractivity contribution in [1.29, 1.82) is 5.26 Å². The molecule has 0 spiro atoms. The lowest BCUT2D eigenvalue weighted by molar-refractivity contribution is -0.0169. The van der Waals surface area contributed by atoms with Gasteiger partial charge < -0.3 is 25.0 Å². The topological polar surface area (TPSA) is 150 Å². The largest absolute Gasteiger partial charge is 0.489 e.